The number of rotatable bonds is 2. The lowest BCUT2D eigenvalue weighted by Gasteiger charge is -2.30. The topological polar surface area (TPSA) is 40.5 Å². The number of nitrogens with zero attached hydrogens (tertiary/aromatic N) is 1. The number of likely N-dealkylation sites (tertiary alicyclic amines) is 1. The first-order chi connectivity index (χ1) is 9.13. The number of carbonyl (C=O) groups excluding carboxylic acids is 1. The van der Waals surface area contributed by atoms with Crippen molar-refractivity contribution in [3.63, 3.8) is 0 Å². The Labute approximate surface area is 115 Å². The first kappa shape index (κ1) is 13.9. The van der Waals surface area contributed by atoms with Gasteiger partial charge in [-0.15, -0.1) is 0 Å². The Balaban J connectivity index is 2.25. The molecule has 1 amide bonds. The zero-order chi connectivity index (χ0) is 13.8. The fraction of sp³-hybridized carbons (Fsp3) is 0.562. The molecule has 2 rings (SSSR count). The van der Waals surface area contributed by atoms with E-state index in [2.05, 4.69) is 6.92 Å². The van der Waals surface area contributed by atoms with Gasteiger partial charge < -0.3 is 10.0 Å². The number of hydrogen-bond acceptors (Lipinski definition) is 2. The molecular weight excluding hydrogens is 238 g/mol. The Morgan fingerprint density at radius 2 is 2.16 bits per heavy atom. The van der Waals surface area contributed by atoms with Crippen LogP contribution in [0.5, 0.6) is 5.75 Å². The Bertz CT molecular complexity index is 456. The molecule has 1 aromatic carbocycles. The summed E-state index contributed by atoms with van der Waals surface area (Å²) >= 11 is 0. The van der Waals surface area contributed by atoms with E-state index in [0.717, 1.165) is 36.9 Å². The normalized spacial score (nSPS) is 20.1. The minimum Gasteiger partial charge on any atom is -0.508 e. The first-order valence-corrected chi connectivity index (χ1v) is 7.24. The van der Waals surface area contributed by atoms with Crippen molar-refractivity contribution in [2.45, 2.75) is 52.0 Å². The van der Waals surface area contributed by atoms with Crippen molar-refractivity contribution in [2.24, 2.45) is 0 Å². The second-order valence-electron chi connectivity index (χ2n) is 5.41. The second-order valence-corrected chi connectivity index (χ2v) is 5.41. The van der Waals surface area contributed by atoms with Crippen LogP contribution in [0.4, 0.5) is 0 Å². The highest BCUT2D eigenvalue weighted by Gasteiger charge is 2.25. The molecule has 1 unspecified atom stereocenters. The van der Waals surface area contributed by atoms with Crippen LogP contribution in [0.15, 0.2) is 18.2 Å². The fourth-order valence-corrected chi connectivity index (χ4v) is 2.91. The van der Waals surface area contributed by atoms with E-state index in [1.54, 1.807) is 18.2 Å². The Morgan fingerprint density at radius 3 is 2.84 bits per heavy atom. The summed E-state index contributed by atoms with van der Waals surface area (Å²) in [5.74, 6) is 0.336. The lowest BCUT2D eigenvalue weighted by Crippen LogP contribution is -2.39. The van der Waals surface area contributed by atoms with E-state index in [0.29, 0.717) is 6.04 Å². The van der Waals surface area contributed by atoms with Gasteiger partial charge in [-0.3, -0.25) is 4.79 Å². The Morgan fingerprint density at radius 1 is 1.37 bits per heavy atom. The Kier molecular flexibility index (Phi) is 4.46. The van der Waals surface area contributed by atoms with E-state index in [1.165, 1.54) is 12.8 Å². The van der Waals surface area contributed by atoms with Crippen molar-refractivity contribution in [3.05, 3.63) is 29.3 Å². The van der Waals surface area contributed by atoms with Gasteiger partial charge in [-0.05, 0) is 49.9 Å². The predicted octanol–water partition coefficient (Wildman–Crippen LogP) is 3.50. The fourth-order valence-electron chi connectivity index (χ4n) is 2.91. The largest absolute Gasteiger partial charge is 0.508 e. The van der Waals surface area contributed by atoms with E-state index < -0.39 is 0 Å². The van der Waals surface area contributed by atoms with Gasteiger partial charge in [-0.2, -0.15) is 0 Å². The minimum atomic E-state index is 0.117. The summed E-state index contributed by atoms with van der Waals surface area (Å²) in [5.41, 5.74) is 1.57. The monoisotopic (exact) mass is 261 g/mol. The summed E-state index contributed by atoms with van der Waals surface area (Å²) in [7, 11) is 0. The summed E-state index contributed by atoms with van der Waals surface area (Å²) in [6.07, 6.45) is 5.66. The molecule has 3 nitrogen and oxygen atoms in total. The van der Waals surface area contributed by atoms with Crippen LogP contribution in [-0.2, 0) is 0 Å². The molecular formula is C16H23NO2. The third-order valence-electron chi connectivity index (χ3n) is 4.05. The number of amides is 1. The zero-order valence-electron chi connectivity index (χ0n) is 11.9. The highest BCUT2D eigenvalue weighted by Crippen LogP contribution is 2.23. The molecule has 1 aromatic rings. The van der Waals surface area contributed by atoms with Crippen LogP contribution >= 0.6 is 0 Å². The standard InChI is InChI=1S/C16H23NO2/c1-3-13-7-5-4-6-10-17(13)16(19)15-9-8-14(18)11-12(15)2/h8-9,11,13,18H,3-7,10H2,1-2H3. The van der Waals surface area contributed by atoms with Gasteiger partial charge in [0.25, 0.3) is 5.91 Å². The molecule has 1 N–H and O–H groups in total. The summed E-state index contributed by atoms with van der Waals surface area (Å²) in [6.45, 7) is 4.89. The lowest BCUT2D eigenvalue weighted by atomic mass is 10.0. The lowest BCUT2D eigenvalue weighted by molar-refractivity contribution is 0.0677. The highest BCUT2D eigenvalue weighted by molar-refractivity contribution is 5.96. The van der Waals surface area contributed by atoms with Crippen LogP contribution < -0.4 is 0 Å². The van der Waals surface area contributed by atoms with Gasteiger partial charge in [-0.25, -0.2) is 0 Å². The molecule has 1 fully saturated rings. The molecule has 3 heteroatoms. The predicted molar refractivity (Wildman–Crippen MR) is 76.4 cm³/mol. The first-order valence-electron chi connectivity index (χ1n) is 7.24. The van der Waals surface area contributed by atoms with E-state index in [9.17, 15) is 9.90 Å². The van der Waals surface area contributed by atoms with Crippen LogP contribution in [0.3, 0.4) is 0 Å². The van der Waals surface area contributed by atoms with E-state index in [4.69, 9.17) is 0 Å². The SMILES string of the molecule is CCC1CCCCCN1C(=O)c1ccc(O)cc1C. The van der Waals surface area contributed by atoms with Gasteiger partial charge in [0, 0.05) is 18.2 Å². The molecule has 0 saturated carbocycles. The van der Waals surface area contributed by atoms with E-state index >= 15 is 0 Å². The van der Waals surface area contributed by atoms with Crippen LogP contribution in [0.25, 0.3) is 0 Å². The minimum absolute atomic E-state index is 0.117. The van der Waals surface area contributed by atoms with Gasteiger partial charge in [0.05, 0.1) is 0 Å². The zero-order valence-corrected chi connectivity index (χ0v) is 11.9. The van der Waals surface area contributed by atoms with E-state index in [1.807, 2.05) is 11.8 Å². The molecule has 1 aliphatic rings. The van der Waals surface area contributed by atoms with Gasteiger partial charge in [0.1, 0.15) is 5.75 Å². The van der Waals surface area contributed by atoms with Gasteiger partial charge in [-0.1, -0.05) is 19.8 Å². The third-order valence-corrected chi connectivity index (χ3v) is 4.05. The average molecular weight is 261 g/mol. The van der Waals surface area contributed by atoms with Crippen molar-refractivity contribution in [1.29, 1.82) is 0 Å². The second kappa shape index (κ2) is 6.09. The average Bonchev–Trinajstić information content (AvgIpc) is 2.63. The number of aromatic hydroxyl groups is 1. The molecule has 19 heavy (non-hydrogen) atoms. The van der Waals surface area contributed by atoms with Crippen molar-refractivity contribution in [3.8, 4) is 5.75 Å². The molecule has 0 aromatic heterocycles. The molecule has 104 valence electrons. The molecule has 1 atom stereocenters. The summed E-state index contributed by atoms with van der Waals surface area (Å²) < 4.78 is 0. The number of phenols is 1. The quantitative estimate of drug-likeness (QED) is 0.885. The van der Waals surface area contributed by atoms with Crippen LogP contribution in [0, 0.1) is 6.92 Å². The van der Waals surface area contributed by atoms with Crippen molar-refractivity contribution < 1.29 is 9.90 Å². The van der Waals surface area contributed by atoms with Crippen molar-refractivity contribution in [2.75, 3.05) is 6.54 Å². The number of hydrogen-bond donors (Lipinski definition) is 1. The summed E-state index contributed by atoms with van der Waals surface area (Å²) in [4.78, 5) is 14.7. The molecule has 1 saturated heterocycles. The van der Waals surface area contributed by atoms with Crippen molar-refractivity contribution >= 4 is 5.91 Å². The summed E-state index contributed by atoms with van der Waals surface area (Å²) in [6, 6.07) is 5.36. The summed E-state index contributed by atoms with van der Waals surface area (Å²) in [5, 5.41) is 9.45. The van der Waals surface area contributed by atoms with E-state index in [-0.39, 0.29) is 11.7 Å². The molecule has 0 spiro atoms. The molecule has 0 aliphatic carbocycles. The highest BCUT2D eigenvalue weighted by atomic mass is 16.3. The number of benzene rings is 1. The number of carbonyl (C=O) groups is 1. The van der Waals surface area contributed by atoms with Crippen LogP contribution in [0.1, 0.15) is 54.9 Å². The Hall–Kier alpha value is -1.51. The van der Waals surface area contributed by atoms with Crippen LogP contribution in [-0.4, -0.2) is 28.5 Å². The maximum absolute atomic E-state index is 12.7. The van der Waals surface area contributed by atoms with Crippen molar-refractivity contribution in [1.82, 2.24) is 4.90 Å². The van der Waals surface area contributed by atoms with Gasteiger partial charge in [0.2, 0.25) is 0 Å². The molecule has 0 bridgehead atoms. The number of phenolic OH excluding ortho intramolecular Hbond substituents is 1. The maximum atomic E-state index is 12.7. The molecule has 0 radical (unpaired) electrons. The third kappa shape index (κ3) is 3.09. The van der Waals surface area contributed by atoms with Gasteiger partial charge in [0.15, 0.2) is 0 Å². The van der Waals surface area contributed by atoms with Gasteiger partial charge >= 0.3 is 0 Å². The molecule has 1 aliphatic heterocycles. The van der Waals surface area contributed by atoms with Crippen LogP contribution in [0.2, 0.25) is 0 Å². The number of aryl methyl sites for hydroxylation is 1. The smallest absolute Gasteiger partial charge is 0.254 e. The molecule has 1 heterocycles. The maximum Gasteiger partial charge on any atom is 0.254 e.